The Hall–Kier alpha value is -3.75. The zero-order valence-electron chi connectivity index (χ0n) is 16.9. The first-order valence-electron chi connectivity index (χ1n) is 9.63. The van der Waals surface area contributed by atoms with E-state index in [1.54, 1.807) is 30.5 Å². The molecule has 160 valence electrons. The molecule has 3 aromatic rings. The van der Waals surface area contributed by atoms with Crippen LogP contribution in [0.15, 0.2) is 48.9 Å². The maximum atomic E-state index is 13.4. The van der Waals surface area contributed by atoms with Crippen LogP contribution in [0.4, 0.5) is 14.5 Å². The van der Waals surface area contributed by atoms with Crippen molar-refractivity contribution in [3.05, 3.63) is 71.8 Å². The molecule has 1 aromatic heterocycles. The number of nitrogens with zero attached hydrogens (tertiary/aromatic N) is 3. The largest absolute Gasteiger partial charge is 0.494 e. The average Bonchev–Trinajstić information content (AvgIpc) is 3.35. The third-order valence-corrected chi connectivity index (χ3v) is 5.16. The molecule has 1 aliphatic rings. The summed E-state index contributed by atoms with van der Waals surface area (Å²) in [6.45, 7) is 2.28. The van der Waals surface area contributed by atoms with Crippen molar-refractivity contribution >= 4 is 17.5 Å². The van der Waals surface area contributed by atoms with Crippen LogP contribution >= 0.6 is 0 Å². The Morgan fingerprint density at radius 3 is 2.68 bits per heavy atom. The minimum atomic E-state index is -1.12. The first-order chi connectivity index (χ1) is 14.9. The summed E-state index contributed by atoms with van der Waals surface area (Å²) in [6.07, 6.45) is 3.93. The fourth-order valence-corrected chi connectivity index (χ4v) is 3.55. The number of methoxy groups -OCH3 is 1. The zero-order chi connectivity index (χ0) is 22.1. The van der Waals surface area contributed by atoms with Crippen LogP contribution in [0.5, 0.6) is 5.75 Å². The SMILES string of the molecule is COc1cc(N2CCC(NC(=O)c3ccc(F)c(F)c3)C2=O)ccc1-n1cnc(C)c1. The Kier molecular flexibility index (Phi) is 5.41. The van der Waals surface area contributed by atoms with E-state index in [9.17, 15) is 18.4 Å². The number of carbonyl (C=O) groups excluding carboxylic acids is 2. The number of anilines is 1. The number of nitrogens with one attached hydrogen (secondary N) is 1. The first-order valence-corrected chi connectivity index (χ1v) is 9.63. The van der Waals surface area contributed by atoms with Gasteiger partial charge in [-0.2, -0.15) is 0 Å². The van der Waals surface area contributed by atoms with E-state index in [4.69, 9.17) is 4.74 Å². The van der Waals surface area contributed by atoms with Crippen molar-refractivity contribution in [3.8, 4) is 11.4 Å². The summed E-state index contributed by atoms with van der Waals surface area (Å²) in [7, 11) is 1.54. The molecule has 1 aliphatic heterocycles. The number of aryl methyl sites for hydroxylation is 1. The van der Waals surface area contributed by atoms with Gasteiger partial charge in [0, 0.05) is 30.1 Å². The number of amides is 2. The summed E-state index contributed by atoms with van der Waals surface area (Å²) in [5.74, 6) is -2.51. The molecule has 2 amide bonds. The molecular weight excluding hydrogens is 406 g/mol. The van der Waals surface area contributed by atoms with Crippen LogP contribution in [0.1, 0.15) is 22.5 Å². The molecule has 2 heterocycles. The van der Waals surface area contributed by atoms with E-state index >= 15 is 0 Å². The number of halogens is 2. The van der Waals surface area contributed by atoms with Crippen LogP contribution in [0.2, 0.25) is 0 Å². The van der Waals surface area contributed by atoms with Gasteiger partial charge in [-0.1, -0.05) is 0 Å². The Morgan fingerprint density at radius 1 is 1.19 bits per heavy atom. The molecule has 1 saturated heterocycles. The van der Waals surface area contributed by atoms with Gasteiger partial charge in [0.25, 0.3) is 5.91 Å². The molecular formula is C22H20F2N4O3. The van der Waals surface area contributed by atoms with Gasteiger partial charge in [0.2, 0.25) is 5.91 Å². The average molecular weight is 426 g/mol. The van der Waals surface area contributed by atoms with Crippen molar-refractivity contribution in [3.63, 3.8) is 0 Å². The number of hydrogen-bond donors (Lipinski definition) is 1. The number of ether oxygens (including phenoxy) is 1. The van der Waals surface area contributed by atoms with Gasteiger partial charge in [-0.3, -0.25) is 9.59 Å². The standard InChI is InChI=1S/C22H20F2N4O3/c1-13-11-27(12-25-13)19-6-4-15(10-20(19)31-2)28-8-7-18(22(28)30)26-21(29)14-3-5-16(23)17(24)9-14/h3-6,9-12,18H,7-8H2,1-2H3,(H,26,29). The molecule has 1 fully saturated rings. The predicted octanol–water partition coefficient (Wildman–Crippen LogP) is 3.00. The summed E-state index contributed by atoms with van der Waals surface area (Å²) >= 11 is 0. The quantitative estimate of drug-likeness (QED) is 0.681. The number of hydrogen-bond acceptors (Lipinski definition) is 4. The fourth-order valence-electron chi connectivity index (χ4n) is 3.55. The first kappa shape index (κ1) is 20.5. The van der Waals surface area contributed by atoms with Crippen LogP contribution in [0, 0.1) is 18.6 Å². The molecule has 1 unspecified atom stereocenters. The maximum absolute atomic E-state index is 13.4. The molecule has 0 saturated carbocycles. The number of rotatable bonds is 5. The molecule has 2 aromatic carbocycles. The Balaban J connectivity index is 1.51. The number of aromatic nitrogens is 2. The molecule has 0 spiro atoms. The molecule has 0 bridgehead atoms. The van der Waals surface area contributed by atoms with Gasteiger partial charge in [-0.05, 0) is 43.7 Å². The Bertz CT molecular complexity index is 1160. The van der Waals surface area contributed by atoms with Crippen LogP contribution in [0.3, 0.4) is 0 Å². The van der Waals surface area contributed by atoms with Gasteiger partial charge in [-0.25, -0.2) is 13.8 Å². The van der Waals surface area contributed by atoms with Gasteiger partial charge in [0.15, 0.2) is 11.6 Å². The normalized spacial score (nSPS) is 15.9. The van der Waals surface area contributed by atoms with E-state index in [0.29, 0.717) is 24.4 Å². The van der Waals surface area contributed by atoms with Crippen LogP contribution in [-0.4, -0.2) is 41.1 Å². The molecule has 1 N–H and O–H groups in total. The second-order valence-electron chi connectivity index (χ2n) is 7.21. The lowest BCUT2D eigenvalue weighted by molar-refractivity contribution is -0.118. The van der Waals surface area contributed by atoms with Crippen LogP contribution < -0.4 is 15.0 Å². The second kappa shape index (κ2) is 8.17. The van der Waals surface area contributed by atoms with E-state index in [1.807, 2.05) is 23.8 Å². The van der Waals surface area contributed by atoms with Crippen LogP contribution in [0.25, 0.3) is 5.69 Å². The highest BCUT2D eigenvalue weighted by Crippen LogP contribution is 2.31. The van der Waals surface area contributed by atoms with Crippen molar-refractivity contribution in [1.82, 2.24) is 14.9 Å². The molecule has 1 atom stereocenters. The highest BCUT2D eigenvalue weighted by atomic mass is 19.2. The van der Waals surface area contributed by atoms with Gasteiger partial charge in [-0.15, -0.1) is 0 Å². The van der Waals surface area contributed by atoms with E-state index in [0.717, 1.165) is 23.5 Å². The van der Waals surface area contributed by atoms with Crippen molar-refractivity contribution in [2.75, 3.05) is 18.6 Å². The third-order valence-electron chi connectivity index (χ3n) is 5.16. The lowest BCUT2D eigenvalue weighted by Crippen LogP contribution is -2.41. The summed E-state index contributed by atoms with van der Waals surface area (Å²) in [4.78, 5) is 31.0. The predicted molar refractivity (Wildman–Crippen MR) is 109 cm³/mol. The van der Waals surface area contributed by atoms with Crippen molar-refractivity contribution in [1.29, 1.82) is 0 Å². The molecule has 0 aliphatic carbocycles. The zero-order valence-corrected chi connectivity index (χ0v) is 16.9. The fraction of sp³-hybridized carbons (Fsp3) is 0.227. The Morgan fingerprint density at radius 2 is 2.00 bits per heavy atom. The molecule has 31 heavy (non-hydrogen) atoms. The number of carbonyl (C=O) groups is 2. The van der Waals surface area contributed by atoms with Crippen molar-refractivity contribution in [2.45, 2.75) is 19.4 Å². The molecule has 9 heteroatoms. The summed E-state index contributed by atoms with van der Waals surface area (Å²) < 4.78 is 33.8. The molecule has 7 nitrogen and oxygen atoms in total. The summed E-state index contributed by atoms with van der Waals surface area (Å²) in [5, 5.41) is 2.60. The molecule has 4 rings (SSSR count). The third kappa shape index (κ3) is 3.98. The topological polar surface area (TPSA) is 76.5 Å². The van der Waals surface area contributed by atoms with Gasteiger partial charge in [0.1, 0.15) is 11.8 Å². The summed E-state index contributed by atoms with van der Waals surface area (Å²) in [6, 6.07) is 7.48. The van der Waals surface area contributed by atoms with E-state index in [1.165, 1.54) is 6.07 Å². The van der Waals surface area contributed by atoms with E-state index < -0.39 is 23.6 Å². The van der Waals surface area contributed by atoms with Gasteiger partial charge >= 0.3 is 0 Å². The van der Waals surface area contributed by atoms with E-state index in [2.05, 4.69) is 10.3 Å². The Labute approximate surface area is 177 Å². The lowest BCUT2D eigenvalue weighted by Gasteiger charge is -2.19. The smallest absolute Gasteiger partial charge is 0.252 e. The highest BCUT2D eigenvalue weighted by molar-refractivity contribution is 6.04. The highest BCUT2D eigenvalue weighted by Gasteiger charge is 2.34. The lowest BCUT2D eigenvalue weighted by atomic mass is 10.1. The maximum Gasteiger partial charge on any atom is 0.252 e. The van der Waals surface area contributed by atoms with Crippen molar-refractivity contribution < 1.29 is 23.1 Å². The number of benzene rings is 2. The second-order valence-corrected chi connectivity index (χ2v) is 7.21. The van der Waals surface area contributed by atoms with Crippen LogP contribution in [-0.2, 0) is 4.79 Å². The summed E-state index contributed by atoms with van der Waals surface area (Å²) in [5.41, 5.74) is 2.22. The minimum Gasteiger partial charge on any atom is -0.494 e. The number of imidazole rings is 1. The van der Waals surface area contributed by atoms with Gasteiger partial charge < -0.3 is 19.5 Å². The monoisotopic (exact) mass is 426 g/mol. The molecule has 0 radical (unpaired) electrons. The van der Waals surface area contributed by atoms with Crippen molar-refractivity contribution in [2.24, 2.45) is 0 Å². The van der Waals surface area contributed by atoms with E-state index in [-0.39, 0.29) is 11.5 Å². The van der Waals surface area contributed by atoms with Gasteiger partial charge in [0.05, 0.1) is 24.8 Å². The minimum absolute atomic E-state index is 0.0493.